The van der Waals surface area contributed by atoms with E-state index in [1.807, 2.05) is 6.07 Å². The summed E-state index contributed by atoms with van der Waals surface area (Å²) in [5.41, 5.74) is 0.443. The molecule has 0 aliphatic heterocycles. The van der Waals surface area contributed by atoms with Gasteiger partial charge in [0.15, 0.2) is 11.6 Å². The largest absolute Gasteiger partial charge is 0.478 e. The van der Waals surface area contributed by atoms with Crippen molar-refractivity contribution in [2.24, 2.45) is 0 Å². The molecule has 2 aromatic rings. The van der Waals surface area contributed by atoms with Crippen LogP contribution in [0.1, 0.15) is 15.9 Å². The molecule has 0 fully saturated rings. The Morgan fingerprint density at radius 1 is 1.39 bits per heavy atom. The average Bonchev–Trinajstić information content (AvgIpc) is 2.38. The summed E-state index contributed by atoms with van der Waals surface area (Å²) in [4.78, 5) is 18.4. The lowest BCUT2D eigenvalue weighted by Crippen LogP contribution is -2.08. The number of carbonyl (C=O) groups is 1. The SMILES string of the molecule is O=C(O)c1ccnc(NCc2cccnc2)c1F. The van der Waals surface area contributed by atoms with Gasteiger partial charge >= 0.3 is 5.97 Å². The summed E-state index contributed by atoms with van der Waals surface area (Å²) >= 11 is 0. The van der Waals surface area contributed by atoms with Gasteiger partial charge in [-0.05, 0) is 17.7 Å². The van der Waals surface area contributed by atoms with E-state index in [-0.39, 0.29) is 5.82 Å². The van der Waals surface area contributed by atoms with Crippen LogP contribution < -0.4 is 5.32 Å². The summed E-state index contributed by atoms with van der Waals surface area (Å²) in [6.45, 7) is 0.320. The highest BCUT2D eigenvalue weighted by molar-refractivity contribution is 5.88. The van der Waals surface area contributed by atoms with Crippen molar-refractivity contribution in [1.29, 1.82) is 0 Å². The highest BCUT2D eigenvalue weighted by Gasteiger charge is 2.14. The first kappa shape index (κ1) is 12.0. The minimum atomic E-state index is -1.32. The number of carboxylic acid groups (broad SMARTS) is 1. The van der Waals surface area contributed by atoms with Crippen LogP contribution in [-0.4, -0.2) is 21.0 Å². The highest BCUT2D eigenvalue weighted by Crippen LogP contribution is 2.15. The van der Waals surface area contributed by atoms with Gasteiger partial charge in [0.1, 0.15) is 5.56 Å². The Bertz CT molecular complexity index is 561. The van der Waals surface area contributed by atoms with Crippen molar-refractivity contribution in [3.05, 3.63) is 53.7 Å². The number of hydrogen-bond donors (Lipinski definition) is 2. The quantitative estimate of drug-likeness (QED) is 0.863. The minimum Gasteiger partial charge on any atom is -0.478 e. The topological polar surface area (TPSA) is 75.1 Å². The van der Waals surface area contributed by atoms with Crippen LogP contribution in [0.5, 0.6) is 0 Å². The predicted octanol–water partition coefficient (Wildman–Crippen LogP) is 1.93. The van der Waals surface area contributed by atoms with Crippen molar-refractivity contribution < 1.29 is 14.3 Å². The van der Waals surface area contributed by atoms with E-state index >= 15 is 0 Å². The van der Waals surface area contributed by atoms with Crippen LogP contribution in [0, 0.1) is 5.82 Å². The molecule has 0 amide bonds. The van der Waals surface area contributed by atoms with Gasteiger partial charge < -0.3 is 10.4 Å². The van der Waals surface area contributed by atoms with Gasteiger partial charge in [-0.1, -0.05) is 6.07 Å². The van der Waals surface area contributed by atoms with Crippen molar-refractivity contribution in [3.8, 4) is 0 Å². The average molecular weight is 247 g/mol. The molecule has 0 saturated heterocycles. The summed E-state index contributed by atoms with van der Waals surface area (Å²) in [7, 11) is 0. The van der Waals surface area contributed by atoms with Crippen molar-refractivity contribution in [2.45, 2.75) is 6.54 Å². The summed E-state index contributed by atoms with van der Waals surface area (Å²) in [5.74, 6) is -2.27. The van der Waals surface area contributed by atoms with Crippen molar-refractivity contribution in [3.63, 3.8) is 0 Å². The number of nitrogens with zero attached hydrogens (tertiary/aromatic N) is 2. The second-order valence-corrected chi connectivity index (χ2v) is 3.54. The first-order chi connectivity index (χ1) is 8.68. The summed E-state index contributed by atoms with van der Waals surface area (Å²) < 4.78 is 13.7. The lowest BCUT2D eigenvalue weighted by Gasteiger charge is -2.07. The van der Waals surface area contributed by atoms with Crippen molar-refractivity contribution >= 4 is 11.8 Å². The number of aromatic carboxylic acids is 1. The molecule has 0 unspecified atom stereocenters. The van der Waals surface area contributed by atoms with Gasteiger partial charge in [0.2, 0.25) is 0 Å². The van der Waals surface area contributed by atoms with E-state index in [2.05, 4.69) is 15.3 Å². The van der Waals surface area contributed by atoms with Crippen molar-refractivity contribution in [1.82, 2.24) is 9.97 Å². The summed E-state index contributed by atoms with van der Waals surface area (Å²) in [6.07, 6.45) is 4.51. The Morgan fingerprint density at radius 2 is 2.22 bits per heavy atom. The number of halogens is 1. The molecule has 2 N–H and O–H groups in total. The maximum absolute atomic E-state index is 13.7. The molecule has 0 saturated carbocycles. The molecule has 5 nitrogen and oxygen atoms in total. The molecular formula is C12H10FN3O2. The van der Waals surface area contributed by atoms with E-state index in [1.54, 1.807) is 18.5 Å². The van der Waals surface area contributed by atoms with E-state index in [4.69, 9.17) is 5.11 Å². The number of carboxylic acids is 1. The molecule has 18 heavy (non-hydrogen) atoms. The van der Waals surface area contributed by atoms with Crippen LogP contribution in [0.2, 0.25) is 0 Å². The molecule has 0 aliphatic rings. The van der Waals surface area contributed by atoms with Crippen LogP contribution in [0.15, 0.2) is 36.8 Å². The van der Waals surface area contributed by atoms with E-state index in [9.17, 15) is 9.18 Å². The van der Waals surface area contributed by atoms with Crippen LogP contribution in [0.25, 0.3) is 0 Å². The molecule has 92 valence electrons. The lowest BCUT2D eigenvalue weighted by atomic mass is 10.2. The second kappa shape index (κ2) is 5.22. The number of rotatable bonds is 4. The summed E-state index contributed by atoms with van der Waals surface area (Å²) in [6, 6.07) is 4.69. The van der Waals surface area contributed by atoms with E-state index < -0.39 is 17.3 Å². The van der Waals surface area contributed by atoms with Gasteiger partial charge in [0.05, 0.1) is 0 Å². The monoisotopic (exact) mass is 247 g/mol. The smallest absolute Gasteiger partial charge is 0.338 e. The first-order valence-corrected chi connectivity index (χ1v) is 5.19. The Hall–Kier alpha value is -2.50. The molecule has 0 radical (unpaired) electrons. The van der Waals surface area contributed by atoms with E-state index in [1.165, 1.54) is 6.20 Å². The third-order valence-corrected chi connectivity index (χ3v) is 2.30. The molecule has 0 bridgehead atoms. The minimum absolute atomic E-state index is 0.0845. The Labute approximate surface area is 102 Å². The molecular weight excluding hydrogens is 237 g/mol. The molecule has 2 aromatic heterocycles. The zero-order valence-corrected chi connectivity index (χ0v) is 9.30. The number of aromatic nitrogens is 2. The third-order valence-electron chi connectivity index (χ3n) is 2.30. The zero-order valence-electron chi connectivity index (χ0n) is 9.30. The standard InChI is InChI=1S/C12H10FN3O2/c13-10-9(12(17)18)3-5-15-11(10)16-7-8-2-1-4-14-6-8/h1-6H,7H2,(H,15,16)(H,17,18). The first-order valence-electron chi connectivity index (χ1n) is 5.19. The Morgan fingerprint density at radius 3 is 2.89 bits per heavy atom. The number of pyridine rings is 2. The summed E-state index contributed by atoms with van der Waals surface area (Å²) in [5, 5.41) is 11.5. The Kier molecular flexibility index (Phi) is 3.47. The Balaban J connectivity index is 2.15. The van der Waals surface area contributed by atoms with Crippen LogP contribution in [0.4, 0.5) is 10.2 Å². The third kappa shape index (κ3) is 2.60. The molecule has 2 rings (SSSR count). The highest BCUT2D eigenvalue weighted by atomic mass is 19.1. The molecule has 0 aromatic carbocycles. The van der Waals surface area contributed by atoms with Gasteiger partial charge in [0, 0.05) is 25.1 Å². The molecule has 2 heterocycles. The molecule has 6 heteroatoms. The normalized spacial score (nSPS) is 10.1. The van der Waals surface area contributed by atoms with Crippen molar-refractivity contribution in [2.75, 3.05) is 5.32 Å². The van der Waals surface area contributed by atoms with Gasteiger partial charge in [-0.15, -0.1) is 0 Å². The molecule has 0 atom stereocenters. The lowest BCUT2D eigenvalue weighted by molar-refractivity contribution is 0.0692. The van der Waals surface area contributed by atoms with E-state index in [0.717, 1.165) is 11.6 Å². The molecule has 0 aliphatic carbocycles. The number of nitrogens with one attached hydrogen (secondary N) is 1. The van der Waals surface area contributed by atoms with Gasteiger partial charge in [0.25, 0.3) is 0 Å². The van der Waals surface area contributed by atoms with Crippen LogP contribution in [0.3, 0.4) is 0 Å². The maximum Gasteiger partial charge on any atom is 0.338 e. The van der Waals surface area contributed by atoms with Gasteiger partial charge in [-0.2, -0.15) is 0 Å². The number of hydrogen-bond acceptors (Lipinski definition) is 4. The maximum atomic E-state index is 13.7. The van der Waals surface area contributed by atoms with Crippen LogP contribution >= 0.6 is 0 Å². The van der Waals surface area contributed by atoms with E-state index in [0.29, 0.717) is 6.54 Å². The molecule has 0 spiro atoms. The predicted molar refractivity (Wildman–Crippen MR) is 62.7 cm³/mol. The second-order valence-electron chi connectivity index (χ2n) is 3.54. The fourth-order valence-corrected chi connectivity index (χ4v) is 1.42. The van der Waals surface area contributed by atoms with Gasteiger partial charge in [-0.25, -0.2) is 14.2 Å². The van der Waals surface area contributed by atoms with Crippen LogP contribution in [-0.2, 0) is 6.54 Å². The fraction of sp³-hybridized carbons (Fsp3) is 0.0833. The van der Waals surface area contributed by atoms with Gasteiger partial charge in [-0.3, -0.25) is 4.98 Å². The number of anilines is 1. The fourth-order valence-electron chi connectivity index (χ4n) is 1.42. The zero-order chi connectivity index (χ0) is 13.0.